The number of rotatable bonds is 0. The summed E-state index contributed by atoms with van der Waals surface area (Å²) in [5.74, 6) is 0. The van der Waals surface area contributed by atoms with Crippen molar-refractivity contribution in [1.29, 1.82) is 0 Å². The van der Waals surface area contributed by atoms with E-state index in [1.807, 2.05) is 0 Å². The maximum absolute atomic E-state index is 2.40. The van der Waals surface area contributed by atoms with Crippen LogP contribution in [0, 0.1) is 0 Å². The minimum atomic E-state index is -0.391. The Labute approximate surface area is 107 Å². The van der Waals surface area contributed by atoms with E-state index in [0.29, 0.717) is 15.1 Å². The third kappa shape index (κ3) is 5.05. The summed E-state index contributed by atoms with van der Waals surface area (Å²) in [6, 6.07) is 0. The molecule has 0 heterocycles. The molecule has 0 aromatic rings. The van der Waals surface area contributed by atoms with Crippen molar-refractivity contribution in [2.45, 2.75) is 77.4 Å². The zero-order valence-corrected chi connectivity index (χ0v) is 13.0. The molecule has 0 saturated heterocycles. The molecule has 0 aromatic carbocycles. The fourth-order valence-corrected chi connectivity index (χ4v) is 10.1. The summed E-state index contributed by atoms with van der Waals surface area (Å²) >= 11 is 0. The van der Waals surface area contributed by atoms with E-state index in [4.69, 9.17) is 0 Å². The molecule has 0 aliphatic heterocycles. The van der Waals surface area contributed by atoms with E-state index in [1.165, 1.54) is 0 Å². The Morgan fingerprint density at radius 2 is 0.714 bits per heavy atom. The second-order valence-corrected chi connectivity index (χ2v) is 12.4. The summed E-state index contributed by atoms with van der Waals surface area (Å²) in [4.78, 5) is 0. The Kier molecular flexibility index (Phi) is 5.86. The molecule has 81 valence electrons. The van der Waals surface area contributed by atoms with E-state index in [1.54, 1.807) is 0 Å². The van der Waals surface area contributed by atoms with Gasteiger partial charge in [-0.15, -0.1) is 0 Å². The van der Waals surface area contributed by atoms with Gasteiger partial charge in [-0.2, -0.15) is 0 Å². The van der Waals surface area contributed by atoms with Gasteiger partial charge in [0.2, 0.25) is 0 Å². The molecule has 0 unspecified atom stereocenters. The topological polar surface area (TPSA) is 0 Å². The minimum absolute atomic E-state index is 0. The van der Waals surface area contributed by atoms with Crippen molar-refractivity contribution in [2.75, 3.05) is 0 Å². The Balaban J connectivity index is -0.000000720. The van der Waals surface area contributed by atoms with Crippen molar-refractivity contribution in [2.24, 2.45) is 0 Å². The van der Waals surface area contributed by atoms with Crippen LogP contribution >= 0.6 is 0 Å². The standard InChI is InChI=1S/C12H27Si.Li.H/c1-10(2,3)13(11(4,5)6)12(7,8)9;;/h1-9H3;;/q;+1;-1. The van der Waals surface area contributed by atoms with Gasteiger partial charge in [0.1, 0.15) is 0 Å². The monoisotopic (exact) mass is 207 g/mol. The molecule has 0 amide bonds. The molecule has 0 aliphatic rings. The van der Waals surface area contributed by atoms with Crippen LogP contribution in [0.3, 0.4) is 0 Å². The molecule has 1 radical (unpaired) electrons. The molecular formula is C12H28LiSi. The quantitative estimate of drug-likeness (QED) is 0.533. The maximum Gasteiger partial charge on any atom is 1.00 e. The predicted molar refractivity (Wildman–Crippen MR) is 66.0 cm³/mol. The van der Waals surface area contributed by atoms with Crippen LogP contribution in [0.5, 0.6) is 0 Å². The fourth-order valence-electron chi connectivity index (χ4n) is 3.38. The van der Waals surface area contributed by atoms with Gasteiger partial charge in [-0.1, -0.05) is 62.3 Å². The summed E-state index contributed by atoms with van der Waals surface area (Å²) in [5.41, 5.74) is 0. The van der Waals surface area contributed by atoms with E-state index in [9.17, 15) is 0 Å². The molecule has 0 fully saturated rings. The van der Waals surface area contributed by atoms with Crippen molar-refractivity contribution in [1.82, 2.24) is 0 Å². The van der Waals surface area contributed by atoms with Gasteiger partial charge in [0.15, 0.2) is 0 Å². The molecule has 0 atom stereocenters. The molecule has 0 spiro atoms. The van der Waals surface area contributed by atoms with Crippen molar-refractivity contribution < 1.29 is 20.3 Å². The Hall–Kier alpha value is 0.814. The Morgan fingerprint density at radius 3 is 0.714 bits per heavy atom. The molecule has 0 saturated carbocycles. The normalized spacial score (nSPS) is 14.1. The Bertz CT molecular complexity index is 138. The van der Waals surface area contributed by atoms with Gasteiger partial charge in [0, 0.05) is 0 Å². The average Bonchev–Trinajstić information content (AvgIpc) is 1.44. The van der Waals surface area contributed by atoms with Crippen LogP contribution < -0.4 is 18.9 Å². The first-order chi connectivity index (χ1) is 5.37. The van der Waals surface area contributed by atoms with Crippen molar-refractivity contribution in [3.8, 4) is 0 Å². The van der Waals surface area contributed by atoms with Crippen LogP contribution in [-0.2, 0) is 0 Å². The smallest absolute Gasteiger partial charge is 1.00 e. The van der Waals surface area contributed by atoms with Crippen LogP contribution in [0.25, 0.3) is 0 Å². The molecule has 2 heteroatoms. The predicted octanol–water partition coefficient (Wildman–Crippen LogP) is 2.00. The summed E-state index contributed by atoms with van der Waals surface area (Å²) in [5, 5.41) is 1.46. The molecule has 0 aromatic heterocycles. The van der Waals surface area contributed by atoms with Crippen LogP contribution in [0.15, 0.2) is 0 Å². The minimum Gasteiger partial charge on any atom is -1.00 e. The van der Waals surface area contributed by atoms with E-state index < -0.39 is 8.80 Å². The number of hydrogen-bond donors (Lipinski definition) is 0. The largest absolute Gasteiger partial charge is 1.00 e. The van der Waals surface area contributed by atoms with Gasteiger partial charge in [-0.05, 0) is 15.1 Å². The van der Waals surface area contributed by atoms with Gasteiger partial charge < -0.3 is 1.43 Å². The molecule has 0 aliphatic carbocycles. The third-order valence-electron chi connectivity index (χ3n) is 2.25. The van der Waals surface area contributed by atoms with Gasteiger partial charge in [0.05, 0.1) is 8.80 Å². The van der Waals surface area contributed by atoms with Gasteiger partial charge in [-0.25, -0.2) is 0 Å². The van der Waals surface area contributed by atoms with E-state index in [2.05, 4.69) is 62.3 Å². The zero-order chi connectivity index (χ0) is 11.1. The summed E-state index contributed by atoms with van der Waals surface area (Å²) < 4.78 is 0. The first kappa shape index (κ1) is 17.2. The molecule has 0 bridgehead atoms. The second kappa shape index (κ2) is 4.77. The molecule has 0 N–H and O–H groups in total. The van der Waals surface area contributed by atoms with Gasteiger partial charge in [-0.3, -0.25) is 0 Å². The second-order valence-electron chi connectivity index (χ2n) is 7.12. The molecular weight excluding hydrogens is 179 g/mol. The Morgan fingerprint density at radius 1 is 0.571 bits per heavy atom. The van der Waals surface area contributed by atoms with Crippen LogP contribution in [0.4, 0.5) is 0 Å². The molecule has 0 rings (SSSR count). The van der Waals surface area contributed by atoms with Gasteiger partial charge >= 0.3 is 18.9 Å². The van der Waals surface area contributed by atoms with Crippen LogP contribution in [0.2, 0.25) is 15.1 Å². The SMILES string of the molecule is CC(C)(C)[Si](C(C)(C)C)C(C)(C)C.[H-].[Li+]. The van der Waals surface area contributed by atoms with Gasteiger partial charge in [0.25, 0.3) is 0 Å². The maximum atomic E-state index is 2.40. The summed E-state index contributed by atoms with van der Waals surface area (Å²) in [7, 11) is -0.391. The first-order valence-electron chi connectivity index (χ1n) is 5.25. The number of hydrogen-bond acceptors (Lipinski definition) is 0. The van der Waals surface area contributed by atoms with Crippen molar-refractivity contribution in [3.63, 3.8) is 0 Å². The molecule has 14 heavy (non-hydrogen) atoms. The molecule has 0 nitrogen and oxygen atoms in total. The van der Waals surface area contributed by atoms with E-state index in [0.717, 1.165) is 0 Å². The van der Waals surface area contributed by atoms with Crippen LogP contribution in [0.1, 0.15) is 63.7 Å². The summed E-state index contributed by atoms with van der Waals surface area (Å²) in [6.07, 6.45) is 0. The van der Waals surface area contributed by atoms with E-state index in [-0.39, 0.29) is 20.3 Å². The summed E-state index contributed by atoms with van der Waals surface area (Å²) in [6.45, 7) is 21.6. The first-order valence-corrected chi connectivity index (χ1v) is 6.75. The van der Waals surface area contributed by atoms with Crippen LogP contribution in [-0.4, -0.2) is 8.80 Å². The van der Waals surface area contributed by atoms with Crippen molar-refractivity contribution >= 4 is 8.80 Å². The zero-order valence-electron chi connectivity index (χ0n) is 13.0. The van der Waals surface area contributed by atoms with Crippen molar-refractivity contribution in [3.05, 3.63) is 0 Å². The van der Waals surface area contributed by atoms with E-state index >= 15 is 0 Å². The fraction of sp³-hybridized carbons (Fsp3) is 1.00. The third-order valence-corrected chi connectivity index (χ3v) is 6.75. The average molecular weight is 207 g/mol.